The van der Waals surface area contributed by atoms with Gasteiger partial charge < -0.3 is 10.1 Å². The molecule has 3 rings (SSSR count). The van der Waals surface area contributed by atoms with Crippen LogP contribution < -0.4 is 10.1 Å². The van der Waals surface area contributed by atoms with Crippen LogP contribution in [-0.4, -0.2) is 17.8 Å². The standard InChI is InChI=1S/C24H23NO3/c1-16-4-8-19(9-5-16)23(26)18(3)28-22-14-12-21(13-15-22)25-24(27)20-10-6-17(2)7-11-20/h4-15,18H,1-3H3,(H,25,27). The van der Waals surface area contributed by atoms with Crippen LogP contribution >= 0.6 is 0 Å². The molecule has 4 nitrogen and oxygen atoms in total. The molecule has 1 unspecified atom stereocenters. The van der Waals surface area contributed by atoms with Gasteiger partial charge in [-0.05, 0) is 57.2 Å². The number of carbonyl (C=O) groups is 2. The largest absolute Gasteiger partial charge is 0.483 e. The molecule has 1 amide bonds. The van der Waals surface area contributed by atoms with Crippen molar-refractivity contribution in [1.82, 2.24) is 0 Å². The third kappa shape index (κ3) is 4.86. The summed E-state index contributed by atoms with van der Waals surface area (Å²) in [6.45, 7) is 5.69. The number of aryl methyl sites for hydroxylation is 2. The maximum Gasteiger partial charge on any atom is 0.255 e. The van der Waals surface area contributed by atoms with E-state index in [1.54, 1.807) is 55.5 Å². The van der Waals surface area contributed by atoms with Crippen molar-refractivity contribution < 1.29 is 14.3 Å². The van der Waals surface area contributed by atoms with Crippen LogP contribution in [0.4, 0.5) is 5.69 Å². The van der Waals surface area contributed by atoms with Gasteiger partial charge in [-0.25, -0.2) is 0 Å². The van der Waals surface area contributed by atoms with E-state index in [0.29, 0.717) is 22.6 Å². The van der Waals surface area contributed by atoms with Gasteiger partial charge in [0.2, 0.25) is 5.78 Å². The van der Waals surface area contributed by atoms with E-state index < -0.39 is 6.10 Å². The number of nitrogens with one attached hydrogen (secondary N) is 1. The van der Waals surface area contributed by atoms with Gasteiger partial charge in [0.05, 0.1) is 0 Å². The fraction of sp³-hybridized carbons (Fsp3) is 0.167. The summed E-state index contributed by atoms with van der Waals surface area (Å²) < 4.78 is 5.76. The Hall–Kier alpha value is -3.40. The zero-order valence-corrected chi connectivity index (χ0v) is 16.2. The van der Waals surface area contributed by atoms with Crippen LogP contribution in [0.25, 0.3) is 0 Å². The Morgan fingerprint density at radius 2 is 1.25 bits per heavy atom. The second-order valence-corrected chi connectivity index (χ2v) is 6.83. The summed E-state index contributed by atoms with van der Waals surface area (Å²) in [7, 11) is 0. The Kier molecular flexibility index (Phi) is 5.90. The van der Waals surface area contributed by atoms with Crippen molar-refractivity contribution in [3.05, 3.63) is 95.1 Å². The third-order valence-electron chi connectivity index (χ3n) is 4.44. The van der Waals surface area contributed by atoms with Gasteiger partial charge in [-0.1, -0.05) is 47.5 Å². The van der Waals surface area contributed by atoms with Crippen LogP contribution in [0.1, 0.15) is 38.8 Å². The van der Waals surface area contributed by atoms with Crippen LogP contribution in [0.3, 0.4) is 0 Å². The molecule has 0 heterocycles. The minimum absolute atomic E-state index is 0.0725. The highest BCUT2D eigenvalue weighted by Crippen LogP contribution is 2.19. The second kappa shape index (κ2) is 8.53. The number of ketones is 1. The number of benzene rings is 3. The number of anilines is 1. The van der Waals surface area contributed by atoms with Gasteiger partial charge in [-0.15, -0.1) is 0 Å². The summed E-state index contributed by atoms with van der Waals surface area (Å²) in [6.07, 6.45) is -0.601. The average molecular weight is 373 g/mol. The molecule has 1 atom stereocenters. The highest BCUT2D eigenvalue weighted by molar-refractivity contribution is 6.04. The molecule has 3 aromatic rings. The van der Waals surface area contributed by atoms with Crippen LogP contribution in [0, 0.1) is 13.8 Å². The van der Waals surface area contributed by atoms with Crippen LogP contribution in [-0.2, 0) is 0 Å². The highest BCUT2D eigenvalue weighted by atomic mass is 16.5. The average Bonchev–Trinajstić information content (AvgIpc) is 2.70. The van der Waals surface area contributed by atoms with E-state index in [-0.39, 0.29) is 11.7 Å². The van der Waals surface area contributed by atoms with Crippen LogP contribution in [0.2, 0.25) is 0 Å². The van der Waals surface area contributed by atoms with Crippen molar-refractivity contribution in [2.75, 3.05) is 5.32 Å². The normalized spacial score (nSPS) is 11.5. The van der Waals surface area contributed by atoms with E-state index in [1.807, 2.05) is 38.1 Å². The van der Waals surface area contributed by atoms with Crippen molar-refractivity contribution in [2.24, 2.45) is 0 Å². The lowest BCUT2D eigenvalue weighted by atomic mass is 10.1. The van der Waals surface area contributed by atoms with E-state index in [9.17, 15) is 9.59 Å². The molecule has 0 saturated carbocycles. The molecule has 1 N–H and O–H groups in total. The summed E-state index contributed by atoms with van der Waals surface area (Å²) in [5, 5.41) is 2.85. The molecule has 0 aliphatic heterocycles. The maximum absolute atomic E-state index is 12.5. The first kappa shape index (κ1) is 19.4. The van der Waals surface area contributed by atoms with E-state index in [2.05, 4.69) is 5.32 Å². The number of carbonyl (C=O) groups excluding carboxylic acids is 2. The number of amides is 1. The molecule has 142 valence electrons. The minimum Gasteiger partial charge on any atom is -0.483 e. The summed E-state index contributed by atoms with van der Waals surface area (Å²) in [5.41, 5.74) is 4.10. The van der Waals surface area contributed by atoms with Gasteiger partial charge in [-0.2, -0.15) is 0 Å². The van der Waals surface area contributed by atoms with E-state index in [1.165, 1.54) is 0 Å². The van der Waals surface area contributed by atoms with E-state index in [0.717, 1.165) is 11.1 Å². The molecule has 0 spiro atoms. The summed E-state index contributed by atoms with van der Waals surface area (Å²) in [5.74, 6) is 0.328. The van der Waals surface area contributed by atoms with E-state index >= 15 is 0 Å². The lowest BCUT2D eigenvalue weighted by molar-refractivity contribution is 0.0818. The van der Waals surface area contributed by atoms with Crippen molar-refractivity contribution in [2.45, 2.75) is 26.9 Å². The highest BCUT2D eigenvalue weighted by Gasteiger charge is 2.17. The number of ether oxygens (including phenoxy) is 1. The fourth-order valence-corrected chi connectivity index (χ4v) is 2.74. The monoisotopic (exact) mass is 373 g/mol. The molecule has 0 aliphatic rings. The van der Waals surface area contributed by atoms with E-state index in [4.69, 9.17) is 4.74 Å². The number of hydrogen-bond acceptors (Lipinski definition) is 3. The third-order valence-corrected chi connectivity index (χ3v) is 4.44. The first-order valence-corrected chi connectivity index (χ1v) is 9.18. The summed E-state index contributed by atoms with van der Waals surface area (Å²) in [6, 6.07) is 21.8. The van der Waals surface area contributed by atoms with Crippen molar-refractivity contribution in [1.29, 1.82) is 0 Å². The second-order valence-electron chi connectivity index (χ2n) is 6.83. The topological polar surface area (TPSA) is 55.4 Å². The Labute approximate surface area is 165 Å². The molecule has 3 aromatic carbocycles. The Bertz CT molecular complexity index is 958. The molecule has 0 fully saturated rings. The molecule has 0 aromatic heterocycles. The quantitative estimate of drug-likeness (QED) is 0.604. The van der Waals surface area contributed by atoms with Crippen LogP contribution in [0.5, 0.6) is 5.75 Å². The first-order chi connectivity index (χ1) is 13.4. The van der Waals surface area contributed by atoms with Gasteiger partial charge >= 0.3 is 0 Å². The minimum atomic E-state index is -0.601. The molecular weight excluding hydrogens is 350 g/mol. The molecule has 0 bridgehead atoms. The molecule has 0 radical (unpaired) electrons. The predicted octanol–water partition coefficient (Wildman–Crippen LogP) is 5.21. The molecule has 4 heteroatoms. The SMILES string of the molecule is Cc1ccc(C(=O)Nc2ccc(OC(C)C(=O)c3ccc(C)cc3)cc2)cc1. The number of hydrogen-bond donors (Lipinski definition) is 1. The maximum atomic E-state index is 12.5. The number of rotatable bonds is 6. The zero-order chi connectivity index (χ0) is 20.1. The number of Topliss-reactive ketones (excluding diaryl/α,β-unsaturated/α-hetero) is 1. The van der Waals surface area contributed by atoms with Gasteiger partial charge in [0.25, 0.3) is 5.91 Å². The van der Waals surface area contributed by atoms with Crippen molar-refractivity contribution in [3.63, 3.8) is 0 Å². The Balaban J connectivity index is 1.60. The molecule has 0 aliphatic carbocycles. The van der Waals surface area contributed by atoms with Gasteiger partial charge in [0.15, 0.2) is 6.10 Å². The van der Waals surface area contributed by atoms with Gasteiger partial charge in [-0.3, -0.25) is 9.59 Å². The molecule has 28 heavy (non-hydrogen) atoms. The summed E-state index contributed by atoms with van der Waals surface area (Å²) >= 11 is 0. The molecular formula is C24H23NO3. The lowest BCUT2D eigenvalue weighted by Crippen LogP contribution is -2.23. The Morgan fingerprint density at radius 3 is 1.79 bits per heavy atom. The van der Waals surface area contributed by atoms with Crippen molar-refractivity contribution in [3.8, 4) is 5.75 Å². The van der Waals surface area contributed by atoms with Crippen LogP contribution in [0.15, 0.2) is 72.8 Å². The zero-order valence-electron chi connectivity index (χ0n) is 16.2. The predicted molar refractivity (Wildman–Crippen MR) is 111 cm³/mol. The fourth-order valence-electron chi connectivity index (χ4n) is 2.74. The smallest absolute Gasteiger partial charge is 0.255 e. The Morgan fingerprint density at radius 1 is 0.750 bits per heavy atom. The van der Waals surface area contributed by atoms with Crippen molar-refractivity contribution >= 4 is 17.4 Å². The first-order valence-electron chi connectivity index (χ1n) is 9.18. The molecule has 0 saturated heterocycles. The lowest BCUT2D eigenvalue weighted by Gasteiger charge is -2.14. The van der Waals surface area contributed by atoms with Gasteiger partial charge in [0.1, 0.15) is 5.75 Å². The summed E-state index contributed by atoms with van der Waals surface area (Å²) in [4.78, 5) is 24.7. The van der Waals surface area contributed by atoms with Gasteiger partial charge in [0, 0.05) is 16.8 Å².